The van der Waals surface area contributed by atoms with Gasteiger partial charge in [0.1, 0.15) is 23.7 Å². The maximum Gasteiger partial charge on any atom is 0.322 e. The fourth-order valence-electron chi connectivity index (χ4n) is 3.26. The number of amides is 1. The number of aromatic hydroxyl groups is 1. The van der Waals surface area contributed by atoms with E-state index in [0.717, 1.165) is 0 Å². The van der Waals surface area contributed by atoms with Crippen LogP contribution in [-0.4, -0.2) is 39.4 Å². The monoisotopic (exact) mass is 442 g/mol. The van der Waals surface area contributed by atoms with E-state index in [-0.39, 0.29) is 16.5 Å². The van der Waals surface area contributed by atoms with Crippen LogP contribution in [0.15, 0.2) is 78.9 Å². The number of nitrogens with one attached hydrogen (secondary N) is 1. The summed E-state index contributed by atoms with van der Waals surface area (Å²) in [5, 5.41) is 22.2. The Balaban J connectivity index is 1.86. The number of carboxylic acids is 1. The van der Waals surface area contributed by atoms with Crippen LogP contribution < -0.4 is 10.1 Å². The third kappa shape index (κ3) is 4.64. The van der Waals surface area contributed by atoms with Crippen molar-refractivity contribution in [1.82, 2.24) is 10.3 Å². The summed E-state index contributed by atoms with van der Waals surface area (Å²) >= 11 is 0. The largest absolute Gasteiger partial charge is 0.505 e. The van der Waals surface area contributed by atoms with Crippen LogP contribution in [0, 0.1) is 0 Å². The Morgan fingerprint density at radius 2 is 1.48 bits per heavy atom. The second-order valence-electron chi connectivity index (χ2n) is 7.05. The first-order valence-corrected chi connectivity index (χ1v) is 9.93. The van der Waals surface area contributed by atoms with E-state index in [9.17, 15) is 19.5 Å². The molecule has 1 aromatic heterocycles. The van der Waals surface area contributed by atoms with Crippen LogP contribution in [0.4, 0.5) is 0 Å². The van der Waals surface area contributed by atoms with Gasteiger partial charge < -0.3 is 20.3 Å². The summed E-state index contributed by atoms with van der Waals surface area (Å²) in [5.41, 5.74) is -0.184. The molecule has 3 aromatic carbocycles. The molecule has 4 rings (SSSR count). The number of para-hydroxylation sites is 1. The number of carbonyl (C=O) groups is 3. The minimum Gasteiger partial charge on any atom is -0.505 e. The van der Waals surface area contributed by atoms with E-state index in [1.54, 1.807) is 54.6 Å². The number of hydrogen-bond acceptors (Lipinski definition) is 6. The van der Waals surface area contributed by atoms with Crippen LogP contribution in [0.25, 0.3) is 10.8 Å². The second kappa shape index (κ2) is 9.19. The molecular formula is C25H18N2O6. The molecule has 0 atom stereocenters. The highest BCUT2D eigenvalue weighted by Crippen LogP contribution is 2.34. The zero-order valence-corrected chi connectivity index (χ0v) is 17.2. The molecule has 0 unspecified atom stereocenters. The predicted octanol–water partition coefficient (Wildman–Crippen LogP) is 3.78. The first kappa shape index (κ1) is 21.5. The summed E-state index contributed by atoms with van der Waals surface area (Å²) in [5.74, 6) is -2.13. The van der Waals surface area contributed by atoms with Crippen molar-refractivity contribution < 1.29 is 29.3 Å². The van der Waals surface area contributed by atoms with E-state index in [2.05, 4.69) is 10.3 Å². The minimum atomic E-state index is -1.26. The van der Waals surface area contributed by atoms with Crippen molar-refractivity contribution in [2.75, 3.05) is 6.54 Å². The Hall–Kier alpha value is -4.72. The maximum absolute atomic E-state index is 13.3. The van der Waals surface area contributed by atoms with Gasteiger partial charge in [0.05, 0.1) is 0 Å². The highest BCUT2D eigenvalue weighted by Gasteiger charge is 2.24. The summed E-state index contributed by atoms with van der Waals surface area (Å²) in [6, 6.07) is 22.0. The number of carboxylic acid groups (broad SMARTS) is 1. The third-order valence-corrected chi connectivity index (χ3v) is 4.79. The van der Waals surface area contributed by atoms with Gasteiger partial charge in [-0.15, -0.1) is 0 Å². The molecule has 0 bridgehead atoms. The molecule has 0 saturated heterocycles. The fourth-order valence-corrected chi connectivity index (χ4v) is 3.26. The highest BCUT2D eigenvalue weighted by molar-refractivity contribution is 6.17. The van der Waals surface area contributed by atoms with E-state index in [4.69, 9.17) is 9.84 Å². The van der Waals surface area contributed by atoms with Crippen molar-refractivity contribution in [2.24, 2.45) is 0 Å². The number of rotatable bonds is 7. The lowest BCUT2D eigenvalue weighted by molar-refractivity contribution is -0.135. The molecule has 0 aliphatic carbocycles. The van der Waals surface area contributed by atoms with Crippen molar-refractivity contribution in [3.8, 4) is 17.2 Å². The lowest BCUT2D eigenvalue weighted by atomic mass is 10.00. The summed E-state index contributed by atoms with van der Waals surface area (Å²) in [4.78, 5) is 40.7. The molecular weight excluding hydrogens is 424 g/mol. The van der Waals surface area contributed by atoms with Gasteiger partial charge in [-0.1, -0.05) is 48.5 Å². The Morgan fingerprint density at radius 3 is 2.15 bits per heavy atom. The topological polar surface area (TPSA) is 126 Å². The molecule has 0 aliphatic heterocycles. The van der Waals surface area contributed by atoms with E-state index in [1.165, 1.54) is 6.07 Å². The molecule has 4 aromatic rings. The van der Waals surface area contributed by atoms with Crippen LogP contribution in [0.3, 0.4) is 0 Å². The van der Waals surface area contributed by atoms with Gasteiger partial charge in [-0.2, -0.15) is 0 Å². The molecule has 8 heteroatoms. The van der Waals surface area contributed by atoms with Crippen molar-refractivity contribution >= 4 is 28.4 Å². The average molecular weight is 442 g/mol. The lowest BCUT2D eigenvalue weighted by Gasteiger charge is -2.13. The zero-order valence-electron chi connectivity index (χ0n) is 17.2. The van der Waals surface area contributed by atoms with Gasteiger partial charge in [-0.3, -0.25) is 14.4 Å². The fraction of sp³-hybridized carbons (Fsp3) is 0.0400. The Morgan fingerprint density at radius 1 is 0.818 bits per heavy atom. The second-order valence-corrected chi connectivity index (χ2v) is 7.05. The van der Waals surface area contributed by atoms with Crippen LogP contribution in [-0.2, 0) is 4.79 Å². The minimum absolute atomic E-state index is 0.0759. The van der Waals surface area contributed by atoms with Gasteiger partial charge in [0.15, 0.2) is 11.4 Å². The van der Waals surface area contributed by atoms with E-state index >= 15 is 0 Å². The number of fused-ring (bicyclic) bond motifs is 1. The molecule has 0 spiro atoms. The van der Waals surface area contributed by atoms with Crippen molar-refractivity contribution in [2.45, 2.75) is 0 Å². The SMILES string of the molecule is O=C(O)CNC(=O)c1nc(C(=O)c2ccccc2)c2cc(Oc3ccccc3)ccc2c1O. The quantitative estimate of drug-likeness (QED) is 0.372. The van der Waals surface area contributed by atoms with Crippen molar-refractivity contribution in [3.05, 3.63) is 95.8 Å². The molecule has 33 heavy (non-hydrogen) atoms. The number of ether oxygens (including phenoxy) is 1. The molecule has 0 aliphatic rings. The maximum atomic E-state index is 13.3. The molecule has 1 amide bonds. The summed E-state index contributed by atoms with van der Waals surface area (Å²) in [7, 11) is 0. The van der Waals surface area contributed by atoms with E-state index < -0.39 is 35.6 Å². The van der Waals surface area contributed by atoms with Gasteiger partial charge in [0.25, 0.3) is 5.91 Å². The average Bonchev–Trinajstić information content (AvgIpc) is 2.83. The van der Waals surface area contributed by atoms with Gasteiger partial charge in [0, 0.05) is 16.3 Å². The number of carbonyl (C=O) groups excluding carboxylic acids is 2. The molecule has 1 heterocycles. The summed E-state index contributed by atoms with van der Waals surface area (Å²) < 4.78 is 5.84. The number of hydrogen-bond donors (Lipinski definition) is 3. The summed E-state index contributed by atoms with van der Waals surface area (Å²) in [6.07, 6.45) is 0. The molecule has 3 N–H and O–H groups in total. The Labute approximate surface area is 188 Å². The first-order chi connectivity index (χ1) is 15.9. The van der Waals surface area contributed by atoms with Crippen molar-refractivity contribution in [3.63, 3.8) is 0 Å². The lowest BCUT2D eigenvalue weighted by Crippen LogP contribution is -2.30. The smallest absolute Gasteiger partial charge is 0.322 e. The predicted molar refractivity (Wildman–Crippen MR) is 120 cm³/mol. The van der Waals surface area contributed by atoms with Crippen LogP contribution in [0.2, 0.25) is 0 Å². The van der Waals surface area contributed by atoms with Crippen LogP contribution in [0.1, 0.15) is 26.5 Å². The highest BCUT2D eigenvalue weighted by atomic mass is 16.5. The van der Waals surface area contributed by atoms with Gasteiger partial charge in [0.2, 0.25) is 5.78 Å². The molecule has 0 saturated carbocycles. The number of benzene rings is 3. The third-order valence-electron chi connectivity index (χ3n) is 4.79. The molecule has 0 fully saturated rings. The Kier molecular flexibility index (Phi) is 5.99. The number of aromatic nitrogens is 1. The standard InChI is InChI=1S/C25H18N2O6/c28-20(29)14-26-25(32)22-24(31)18-12-11-17(33-16-9-5-2-6-10-16)13-19(18)21(27-22)23(30)15-7-3-1-4-8-15/h1-13,31H,14H2,(H,26,32)(H,28,29). The van der Waals surface area contributed by atoms with Gasteiger partial charge in [-0.05, 0) is 30.3 Å². The first-order valence-electron chi connectivity index (χ1n) is 9.93. The molecule has 164 valence electrons. The number of aliphatic carboxylic acids is 1. The number of nitrogens with zero attached hydrogens (tertiary/aromatic N) is 1. The van der Waals surface area contributed by atoms with E-state index in [0.29, 0.717) is 17.1 Å². The molecule has 0 radical (unpaired) electrons. The Bertz CT molecular complexity index is 1350. The number of pyridine rings is 1. The zero-order chi connectivity index (χ0) is 23.4. The van der Waals surface area contributed by atoms with E-state index in [1.807, 2.05) is 18.2 Å². The van der Waals surface area contributed by atoms with Crippen LogP contribution >= 0.6 is 0 Å². The normalized spacial score (nSPS) is 10.5. The number of ketones is 1. The van der Waals surface area contributed by atoms with Gasteiger partial charge >= 0.3 is 5.97 Å². The summed E-state index contributed by atoms with van der Waals surface area (Å²) in [6.45, 7) is -0.663. The van der Waals surface area contributed by atoms with Crippen LogP contribution in [0.5, 0.6) is 17.2 Å². The molecule has 8 nitrogen and oxygen atoms in total. The van der Waals surface area contributed by atoms with Crippen molar-refractivity contribution in [1.29, 1.82) is 0 Å². The van der Waals surface area contributed by atoms with Gasteiger partial charge in [-0.25, -0.2) is 4.98 Å².